The van der Waals surface area contributed by atoms with E-state index in [1.54, 1.807) is 17.3 Å². The van der Waals surface area contributed by atoms with E-state index in [-0.39, 0.29) is 18.4 Å². The fourth-order valence-corrected chi connectivity index (χ4v) is 3.93. The van der Waals surface area contributed by atoms with Gasteiger partial charge in [-0.1, -0.05) is 0 Å². The summed E-state index contributed by atoms with van der Waals surface area (Å²) in [5.74, 6) is 0.873. The zero-order valence-electron chi connectivity index (χ0n) is 17.3. The maximum absolute atomic E-state index is 12.9. The number of nitrogens with zero attached hydrogens (tertiary/aromatic N) is 6. The summed E-state index contributed by atoms with van der Waals surface area (Å²) in [5.41, 5.74) is 1.34. The molecule has 0 aliphatic carbocycles. The second-order valence-electron chi connectivity index (χ2n) is 7.89. The summed E-state index contributed by atoms with van der Waals surface area (Å²) in [6, 6.07) is 4.78. The molecule has 1 unspecified atom stereocenters. The first kappa shape index (κ1) is 21.1. The summed E-state index contributed by atoms with van der Waals surface area (Å²) in [6.45, 7) is 5.17. The molecule has 10 heteroatoms. The van der Waals surface area contributed by atoms with Gasteiger partial charge in [0.2, 0.25) is 5.91 Å². The van der Waals surface area contributed by atoms with Crippen LogP contribution < -0.4 is 0 Å². The quantitative estimate of drug-likeness (QED) is 0.620. The van der Waals surface area contributed by atoms with Gasteiger partial charge in [0.15, 0.2) is 5.69 Å². The number of amides is 1. The van der Waals surface area contributed by atoms with Gasteiger partial charge in [0.25, 0.3) is 0 Å². The van der Waals surface area contributed by atoms with E-state index in [1.807, 2.05) is 25.3 Å². The van der Waals surface area contributed by atoms with Gasteiger partial charge in [0, 0.05) is 55.2 Å². The largest absolute Gasteiger partial charge is 0.435 e. The van der Waals surface area contributed by atoms with E-state index in [0.29, 0.717) is 25.3 Å². The van der Waals surface area contributed by atoms with Crippen LogP contribution in [0.4, 0.5) is 13.2 Å². The Balaban J connectivity index is 1.41. The number of imidazole rings is 1. The molecule has 3 aromatic rings. The summed E-state index contributed by atoms with van der Waals surface area (Å²) in [7, 11) is 0. The number of carbonyl (C=O) groups is 1. The molecule has 1 fully saturated rings. The van der Waals surface area contributed by atoms with E-state index in [0.717, 1.165) is 34.3 Å². The van der Waals surface area contributed by atoms with Crippen LogP contribution in [0.25, 0.3) is 11.4 Å². The molecule has 1 aliphatic rings. The van der Waals surface area contributed by atoms with Gasteiger partial charge in [-0.15, -0.1) is 0 Å². The molecule has 0 bridgehead atoms. The summed E-state index contributed by atoms with van der Waals surface area (Å²) in [6.07, 6.45) is 1.58. The van der Waals surface area contributed by atoms with Crippen LogP contribution in [0, 0.1) is 19.8 Å². The van der Waals surface area contributed by atoms with Crippen LogP contribution >= 0.6 is 0 Å². The monoisotopic (exact) mass is 432 g/mol. The first-order chi connectivity index (χ1) is 14.7. The maximum Gasteiger partial charge on any atom is 0.435 e. The Kier molecular flexibility index (Phi) is 5.55. The van der Waals surface area contributed by atoms with Gasteiger partial charge in [0.1, 0.15) is 12.4 Å². The molecular weight excluding hydrogens is 409 g/mol. The van der Waals surface area contributed by atoms with Crippen molar-refractivity contribution in [2.24, 2.45) is 5.92 Å². The average Bonchev–Trinajstić information content (AvgIpc) is 3.43. The van der Waals surface area contributed by atoms with Crippen LogP contribution in [0.3, 0.4) is 0 Å². The topological polar surface area (TPSA) is 68.8 Å². The Hall–Kier alpha value is -3.17. The zero-order valence-corrected chi connectivity index (χ0v) is 17.3. The van der Waals surface area contributed by atoms with Crippen LogP contribution in [-0.4, -0.2) is 48.2 Å². The first-order valence-electron chi connectivity index (χ1n) is 10.0. The van der Waals surface area contributed by atoms with Gasteiger partial charge < -0.3 is 9.47 Å². The minimum Gasteiger partial charge on any atom is -0.341 e. The van der Waals surface area contributed by atoms with Gasteiger partial charge in [-0.25, -0.2) is 4.98 Å². The number of alkyl halides is 3. The molecule has 0 spiro atoms. The molecule has 4 heterocycles. The lowest BCUT2D eigenvalue weighted by Gasteiger charge is -2.18. The second kappa shape index (κ2) is 8.16. The number of halogens is 3. The van der Waals surface area contributed by atoms with Crippen molar-refractivity contribution in [3.05, 3.63) is 53.9 Å². The highest BCUT2D eigenvalue weighted by atomic mass is 19.4. The molecule has 164 valence electrons. The van der Waals surface area contributed by atoms with Crippen molar-refractivity contribution in [1.82, 2.24) is 29.2 Å². The maximum atomic E-state index is 12.9. The van der Waals surface area contributed by atoms with Crippen LogP contribution in [-0.2, 0) is 24.1 Å². The van der Waals surface area contributed by atoms with Crippen molar-refractivity contribution >= 4 is 5.91 Å². The normalized spacial score (nSPS) is 16.8. The summed E-state index contributed by atoms with van der Waals surface area (Å²) >= 11 is 0. The van der Waals surface area contributed by atoms with Crippen LogP contribution in [0.15, 0.2) is 36.8 Å². The van der Waals surface area contributed by atoms with E-state index in [4.69, 9.17) is 0 Å². The first-order valence-corrected chi connectivity index (χ1v) is 10.0. The molecule has 0 saturated carbocycles. The molecule has 0 aromatic carbocycles. The predicted molar refractivity (Wildman–Crippen MR) is 107 cm³/mol. The average molecular weight is 432 g/mol. The van der Waals surface area contributed by atoms with Crippen LogP contribution in [0.5, 0.6) is 0 Å². The number of hydrogen-bond acceptors (Lipinski definition) is 4. The van der Waals surface area contributed by atoms with Gasteiger partial charge >= 0.3 is 6.18 Å². The fraction of sp³-hybridized carbons (Fsp3) is 0.429. The molecule has 1 aliphatic heterocycles. The second-order valence-corrected chi connectivity index (χ2v) is 7.89. The van der Waals surface area contributed by atoms with Crippen molar-refractivity contribution in [3.8, 4) is 11.4 Å². The van der Waals surface area contributed by atoms with E-state index in [2.05, 4.69) is 19.6 Å². The number of aromatic nitrogens is 5. The Morgan fingerprint density at radius 3 is 2.61 bits per heavy atom. The third-order valence-electron chi connectivity index (χ3n) is 5.63. The zero-order chi connectivity index (χ0) is 22.2. The third-order valence-corrected chi connectivity index (χ3v) is 5.63. The lowest BCUT2D eigenvalue weighted by Crippen LogP contribution is -2.33. The minimum absolute atomic E-state index is 0.193. The molecule has 3 aromatic heterocycles. The number of carbonyl (C=O) groups excluding carboxylic acids is 1. The standard InChI is InChI=1S/C21H23F3N6O/c1-14-9-18(21(22,23)24)27-30(14)13-19(31)28-8-5-16(11-28)12-29-15(2)10-26-20(29)17-3-6-25-7-4-17/h3-4,6-7,9-10,16H,5,8,11-13H2,1-2H3. The van der Waals surface area contributed by atoms with Gasteiger partial charge in [-0.3, -0.25) is 14.5 Å². The third kappa shape index (κ3) is 4.47. The lowest BCUT2D eigenvalue weighted by molar-refractivity contribution is -0.142. The van der Waals surface area contributed by atoms with E-state index >= 15 is 0 Å². The molecule has 31 heavy (non-hydrogen) atoms. The van der Waals surface area contributed by atoms with Gasteiger partial charge in [-0.05, 0) is 44.4 Å². The highest BCUT2D eigenvalue weighted by molar-refractivity contribution is 5.76. The van der Waals surface area contributed by atoms with Crippen molar-refractivity contribution in [1.29, 1.82) is 0 Å². The van der Waals surface area contributed by atoms with Gasteiger partial charge in [0.05, 0.1) is 0 Å². The number of hydrogen-bond donors (Lipinski definition) is 0. The van der Waals surface area contributed by atoms with Crippen molar-refractivity contribution in [3.63, 3.8) is 0 Å². The van der Waals surface area contributed by atoms with Crippen molar-refractivity contribution in [2.45, 2.75) is 39.5 Å². The summed E-state index contributed by atoms with van der Waals surface area (Å²) in [5, 5.41) is 3.56. The Morgan fingerprint density at radius 1 is 1.19 bits per heavy atom. The smallest absolute Gasteiger partial charge is 0.341 e. The number of aryl methyl sites for hydroxylation is 2. The van der Waals surface area contributed by atoms with E-state index in [9.17, 15) is 18.0 Å². The number of pyridine rings is 1. The Labute approximate surface area is 177 Å². The van der Waals surface area contributed by atoms with Crippen LogP contribution in [0.2, 0.25) is 0 Å². The van der Waals surface area contributed by atoms with Crippen molar-refractivity contribution < 1.29 is 18.0 Å². The molecular formula is C21H23F3N6O. The van der Waals surface area contributed by atoms with E-state index in [1.165, 1.54) is 6.92 Å². The van der Waals surface area contributed by atoms with Crippen molar-refractivity contribution in [2.75, 3.05) is 13.1 Å². The fourth-order valence-electron chi connectivity index (χ4n) is 3.93. The number of likely N-dealkylation sites (tertiary alicyclic amines) is 1. The Bertz CT molecular complexity index is 1070. The SMILES string of the molecule is Cc1cc(C(F)(F)F)nn1CC(=O)N1CCC(Cn2c(C)cnc2-c2ccncc2)C1. The summed E-state index contributed by atoms with van der Waals surface area (Å²) in [4.78, 5) is 23.0. The highest BCUT2D eigenvalue weighted by Crippen LogP contribution is 2.29. The molecule has 1 saturated heterocycles. The van der Waals surface area contributed by atoms with Gasteiger partial charge in [-0.2, -0.15) is 18.3 Å². The molecule has 0 radical (unpaired) electrons. The lowest BCUT2D eigenvalue weighted by atomic mass is 10.1. The molecule has 1 atom stereocenters. The summed E-state index contributed by atoms with van der Waals surface area (Å²) < 4.78 is 41.8. The number of rotatable bonds is 5. The molecule has 1 amide bonds. The minimum atomic E-state index is -4.52. The van der Waals surface area contributed by atoms with E-state index < -0.39 is 11.9 Å². The Morgan fingerprint density at radius 2 is 1.94 bits per heavy atom. The molecule has 0 N–H and O–H groups in total. The predicted octanol–water partition coefficient (Wildman–Crippen LogP) is 3.33. The van der Waals surface area contributed by atoms with Crippen LogP contribution in [0.1, 0.15) is 23.5 Å². The molecule has 4 rings (SSSR count). The highest BCUT2D eigenvalue weighted by Gasteiger charge is 2.35. The molecule has 7 nitrogen and oxygen atoms in total.